The molecule has 3 fully saturated rings. The number of piperidine rings is 1. The molecular formula is C43H48N6O6. The van der Waals surface area contributed by atoms with Crippen LogP contribution in [0.4, 0.5) is 0 Å². The van der Waals surface area contributed by atoms with Crippen molar-refractivity contribution in [2.45, 2.75) is 75.9 Å². The smallest absolute Gasteiger partial charge is 0.243 e. The summed E-state index contributed by atoms with van der Waals surface area (Å²) in [5.74, 6) is 0.590. The van der Waals surface area contributed by atoms with Gasteiger partial charge in [-0.15, -0.1) is 0 Å². The molecule has 2 saturated heterocycles. The van der Waals surface area contributed by atoms with Crippen LogP contribution in [0.25, 0.3) is 32.9 Å². The van der Waals surface area contributed by atoms with E-state index in [2.05, 4.69) is 56.1 Å². The van der Waals surface area contributed by atoms with Crippen LogP contribution in [0.2, 0.25) is 0 Å². The zero-order valence-electron chi connectivity index (χ0n) is 33.1. The van der Waals surface area contributed by atoms with Crippen LogP contribution in [0.5, 0.6) is 11.6 Å². The SMILES string of the molecule is [2H]C1c2ccc(OC3CN(CCCOCCCOC4CC(Oc5ccc(-c6ccc7c8cnccc8n(C)c7c6)cn5)C4)C3)cc2C([2H])N1C1CCC(=O)NC1=O. The number of aryl methyl sites for hydroxylation is 1. The van der Waals surface area contributed by atoms with Crippen molar-refractivity contribution in [2.75, 3.05) is 39.5 Å². The van der Waals surface area contributed by atoms with Crippen LogP contribution in [0.3, 0.4) is 0 Å². The van der Waals surface area contributed by atoms with Crippen LogP contribution >= 0.6 is 0 Å². The fraction of sp³-hybridized carbons (Fsp3) is 0.442. The number of aromatic nitrogens is 3. The molecule has 0 bridgehead atoms. The number of ether oxygens (including phenoxy) is 4. The molecule has 1 N–H and O–H groups in total. The van der Waals surface area contributed by atoms with Gasteiger partial charge in [0, 0.05) is 128 Å². The first-order chi connectivity index (χ1) is 27.8. The summed E-state index contributed by atoms with van der Waals surface area (Å²) in [5.41, 5.74) is 5.89. The van der Waals surface area contributed by atoms with Crippen LogP contribution < -0.4 is 14.8 Å². The molecule has 9 rings (SSSR count). The van der Waals surface area contributed by atoms with Gasteiger partial charge < -0.3 is 23.5 Å². The maximum absolute atomic E-state index is 12.4. The van der Waals surface area contributed by atoms with Gasteiger partial charge in [0.15, 0.2) is 0 Å². The maximum atomic E-state index is 12.4. The summed E-state index contributed by atoms with van der Waals surface area (Å²) in [6, 6.07) is 17.4. The third-order valence-corrected chi connectivity index (χ3v) is 11.2. The van der Waals surface area contributed by atoms with Gasteiger partial charge in [-0.1, -0.05) is 18.2 Å². The second-order valence-electron chi connectivity index (χ2n) is 15.1. The number of benzene rings is 2. The predicted molar refractivity (Wildman–Crippen MR) is 208 cm³/mol. The normalized spacial score (nSPS) is 24.9. The fourth-order valence-corrected chi connectivity index (χ4v) is 8.01. The van der Waals surface area contributed by atoms with E-state index in [1.54, 1.807) is 4.90 Å². The van der Waals surface area contributed by atoms with E-state index in [-0.39, 0.29) is 30.6 Å². The number of rotatable bonds is 15. The number of hydrogen-bond donors (Lipinski definition) is 1. The van der Waals surface area contributed by atoms with E-state index in [0.29, 0.717) is 49.0 Å². The molecule has 3 atom stereocenters. The molecule has 6 heterocycles. The van der Waals surface area contributed by atoms with Crippen molar-refractivity contribution in [3.63, 3.8) is 0 Å². The minimum Gasteiger partial charge on any atom is -0.488 e. The second kappa shape index (κ2) is 15.7. The van der Waals surface area contributed by atoms with Gasteiger partial charge in [-0.3, -0.25) is 29.7 Å². The summed E-state index contributed by atoms with van der Waals surface area (Å²) in [6.07, 6.45) is 10.1. The van der Waals surface area contributed by atoms with Crippen LogP contribution in [-0.4, -0.2) is 100.0 Å². The number of carbonyl (C=O) groups is 2. The first-order valence-electron chi connectivity index (χ1n) is 20.6. The Morgan fingerprint density at radius 2 is 1.69 bits per heavy atom. The number of carbonyl (C=O) groups excluding carboxylic acids is 2. The van der Waals surface area contributed by atoms with Crippen LogP contribution in [0.15, 0.2) is 73.2 Å². The molecule has 12 heteroatoms. The third-order valence-electron chi connectivity index (χ3n) is 11.2. The molecule has 3 unspecified atom stereocenters. The average Bonchev–Trinajstić information content (AvgIpc) is 3.61. The van der Waals surface area contributed by atoms with Crippen molar-refractivity contribution in [3.05, 3.63) is 84.3 Å². The van der Waals surface area contributed by atoms with Gasteiger partial charge in [0.25, 0.3) is 0 Å². The van der Waals surface area contributed by atoms with E-state index >= 15 is 0 Å². The van der Waals surface area contributed by atoms with Crippen molar-refractivity contribution in [1.29, 1.82) is 0 Å². The molecule has 2 amide bonds. The summed E-state index contributed by atoms with van der Waals surface area (Å²) < 4.78 is 43.9. The topological polar surface area (TPSA) is 120 Å². The molecule has 12 nitrogen and oxygen atoms in total. The van der Waals surface area contributed by atoms with E-state index in [4.69, 9.17) is 21.7 Å². The van der Waals surface area contributed by atoms with E-state index in [0.717, 1.165) is 61.8 Å². The lowest BCUT2D eigenvalue weighted by molar-refractivity contribution is -0.137. The number of imide groups is 1. The summed E-state index contributed by atoms with van der Waals surface area (Å²) in [6.45, 7) is 2.96. The van der Waals surface area contributed by atoms with Gasteiger partial charge in [0.1, 0.15) is 18.0 Å². The quantitative estimate of drug-likeness (QED) is 0.110. The summed E-state index contributed by atoms with van der Waals surface area (Å²) in [4.78, 5) is 36.9. The molecule has 2 aromatic carbocycles. The van der Waals surface area contributed by atoms with E-state index in [1.165, 1.54) is 16.4 Å². The summed E-state index contributed by atoms with van der Waals surface area (Å²) in [5, 5.41) is 4.70. The highest BCUT2D eigenvalue weighted by Crippen LogP contribution is 2.34. The number of nitrogens with one attached hydrogen (secondary N) is 1. The van der Waals surface area contributed by atoms with Crippen molar-refractivity contribution in [1.82, 2.24) is 29.7 Å². The fourth-order valence-electron chi connectivity index (χ4n) is 8.01. The molecule has 55 heavy (non-hydrogen) atoms. The Labute approximate surface area is 323 Å². The largest absolute Gasteiger partial charge is 0.488 e. The van der Waals surface area contributed by atoms with Gasteiger partial charge in [0.05, 0.1) is 17.7 Å². The number of amides is 2. The molecule has 1 saturated carbocycles. The minimum atomic E-state index is -0.860. The molecule has 286 valence electrons. The second-order valence-corrected chi connectivity index (χ2v) is 15.1. The highest BCUT2D eigenvalue weighted by molar-refractivity contribution is 6.08. The van der Waals surface area contributed by atoms with Crippen molar-refractivity contribution in [3.8, 4) is 22.8 Å². The van der Waals surface area contributed by atoms with Crippen molar-refractivity contribution in [2.24, 2.45) is 7.05 Å². The number of pyridine rings is 2. The molecule has 3 aliphatic heterocycles. The lowest BCUT2D eigenvalue weighted by Crippen LogP contribution is -2.54. The summed E-state index contributed by atoms with van der Waals surface area (Å²) >= 11 is 0. The molecule has 3 aromatic heterocycles. The minimum absolute atomic E-state index is 0.0687. The van der Waals surface area contributed by atoms with Crippen molar-refractivity contribution >= 4 is 33.6 Å². The van der Waals surface area contributed by atoms with Crippen molar-refractivity contribution < 1.29 is 31.3 Å². The Kier molecular flexibility index (Phi) is 9.55. The molecular weight excluding hydrogens is 697 g/mol. The van der Waals surface area contributed by atoms with Gasteiger partial charge in [-0.05, 0) is 66.3 Å². The zero-order valence-corrected chi connectivity index (χ0v) is 31.1. The molecule has 0 radical (unpaired) electrons. The Hall–Kier alpha value is -4.88. The lowest BCUT2D eigenvalue weighted by atomic mass is 9.92. The number of likely N-dealkylation sites (tertiary alicyclic amines) is 1. The Morgan fingerprint density at radius 3 is 2.55 bits per heavy atom. The van der Waals surface area contributed by atoms with Gasteiger partial charge in [0.2, 0.25) is 17.7 Å². The monoisotopic (exact) mass is 746 g/mol. The van der Waals surface area contributed by atoms with Crippen LogP contribution in [0, 0.1) is 0 Å². The highest BCUT2D eigenvalue weighted by Gasteiger charge is 2.35. The molecule has 5 aromatic rings. The first kappa shape index (κ1) is 33.5. The predicted octanol–water partition coefficient (Wildman–Crippen LogP) is 5.40. The third kappa shape index (κ3) is 7.82. The lowest BCUT2D eigenvalue weighted by Gasteiger charge is -2.39. The number of fused-ring (bicyclic) bond motifs is 4. The molecule has 4 aliphatic rings. The Balaban J connectivity index is 0.617. The Morgan fingerprint density at radius 1 is 0.836 bits per heavy atom. The molecule has 1 aliphatic carbocycles. The van der Waals surface area contributed by atoms with E-state index in [1.807, 2.05) is 48.9 Å². The van der Waals surface area contributed by atoms with E-state index < -0.39 is 25.0 Å². The standard InChI is InChI=1S/C43H48N6O6/c1-47-38-12-13-44-23-37(38)36-8-5-28(19-40(36)47)29-6-11-42(45-22-29)55-34-20-33(21-34)53-17-3-16-52-15-2-14-48-26-35(27-48)54-32-7-4-30-24-49(25-31(30)18-32)39-9-10-41(50)46-43(39)51/h4-8,11-13,18-19,22-23,33-35,39H,2-3,9-10,14-17,20-21,24-27H2,1H3,(H,46,50,51)/i24D,25D. The van der Waals surface area contributed by atoms with Gasteiger partial charge in [-0.25, -0.2) is 4.98 Å². The molecule has 0 spiro atoms. The zero-order chi connectivity index (χ0) is 39.0. The Bertz CT molecular complexity index is 2260. The summed E-state index contributed by atoms with van der Waals surface area (Å²) in [7, 11) is 2.09. The van der Waals surface area contributed by atoms with E-state index in [9.17, 15) is 9.59 Å². The number of nitrogens with zero attached hydrogens (tertiary/aromatic N) is 5. The van der Waals surface area contributed by atoms with Gasteiger partial charge >= 0.3 is 0 Å². The van der Waals surface area contributed by atoms with Crippen LogP contribution in [0.1, 0.15) is 52.4 Å². The number of hydrogen-bond acceptors (Lipinski definition) is 10. The van der Waals surface area contributed by atoms with Crippen LogP contribution in [-0.2, 0) is 39.2 Å². The first-order valence-corrected chi connectivity index (χ1v) is 19.4. The maximum Gasteiger partial charge on any atom is 0.243 e. The average molecular weight is 747 g/mol. The van der Waals surface area contributed by atoms with Gasteiger partial charge in [-0.2, -0.15) is 0 Å². The highest BCUT2D eigenvalue weighted by atomic mass is 16.5.